The lowest BCUT2D eigenvalue weighted by molar-refractivity contribution is -0.137. The maximum Gasteiger partial charge on any atom is 0.416 e. The third kappa shape index (κ3) is 3.94. The van der Waals surface area contributed by atoms with Crippen LogP contribution in [-0.4, -0.2) is 5.78 Å². The van der Waals surface area contributed by atoms with Gasteiger partial charge in [-0.1, -0.05) is 49.4 Å². The van der Waals surface area contributed by atoms with E-state index in [1.807, 2.05) is 13.0 Å². The van der Waals surface area contributed by atoms with Gasteiger partial charge >= 0.3 is 6.18 Å². The van der Waals surface area contributed by atoms with Gasteiger partial charge in [-0.05, 0) is 23.6 Å². The highest BCUT2D eigenvalue weighted by Gasteiger charge is 2.30. The van der Waals surface area contributed by atoms with Crippen molar-refractivity contribution in [2.45, 2.75) is 25.4 Å². The number of alkyl halides is 3. The van der Waals surface area contributed by atoms with Gasteiger partial charge in [0.25, 0.3) is 0 Å². The van der Waals surface area contributed by atoms with Crippen molar-refractivity contribution < 1.29 is 18.0 Å². The second kappa shape index (κ2) is 6.12. The average Bonchev–Trinajstić information content (AvgIpc) is 2.47. The molecule has 1 unspecified atom stereocenters. The van der Waals surface area contributed by atoms with Crippen molar-refractivity contribution in [2.75, 3.05) is 0 Å². The highest BCUT2D eigenvalue weighted by molar-refractivity contribution is 5.96. The summed E-state index contributed by atoms with van der Waals surface area (Å²) in [6, 6.07) is 13.9. The molecule has 0 aliphatic heterocycles. The summed E-state index contributed by atoms with van der Waals surface area (Å²) in [7, 11) is 0. The van der Waals surface area contributed by atoms with Crippen LogP contribution in [0.25, 0.3) is 0 Å². The average molecular weight is 292 g/mol. The summed E-state index contributed by atoms with van der Waals surface area (Å²) in [5.41, 5.74) is 0.677. The van der Waals surface area contributed by atoms with Crippen molar-refractivity contribution in [1.82, 2.24) is 0 Å². The lowest BCUT2D eigenvalue weighted by Gasteiger charge is -2.13. The smallest absolute Gasteiger partial charge is 0.294 e. The minimum atomic E-state index is -4.33. The zero-order valence-electron chi connectivity index (χ0n) is 11.5. The number of Topliss-reactive ketones (excluding diaryl/α,β-unsaturated/α-hetero) is 1. The number of hydrogen-bond donors (Lipinski definition) is 0. The van der Waals surface area contributed by atoms with E-state index in [1.54, 1.807) is 24.3 Å². The predicted octanol–water partition coefficient (Wildman–Crippen LogP) is 5.08. The number of halogens is 3. The molecule has 1 atom stereocenters. The van der Waals surface area contributed by atoms with Crippen LogP contribution in [0.15, 0.2) is 54.6 Å². The number of rotatable bonds is 4. The normalized spacial score (nSPS) is 13.0. The molecule has 21 heavy (non-hydrogen) atoms. The summed E-state index contributed by atoms with van der Waals surface area (Å²) < 4.78 is 37.5. The first-order valence-electron chi connectivity index (χ1n) is 6.63. The van der Waals surface area contributed by atoms with Crippen molar-refractivity contribution in [1.29, 1.82) is 0 Å². The van der Waals surface area contributed by atoms with Crippen LogP contribution in [0.1, 0.15) is 40.7 Å². The predicted molar refractivity (Wildman–Crippen MR) is 75.2 cm³/mol. The zero-order valence-corrected chi connectivity index (χ0v) is 11.5. The number of benzene rings is 2. The van der Waals surface area contributed by atoms with E-state index < -0.39 is 11.7 Å². The minimum absolute atomic E-state index is 0.0111. The van der Waals surface area contributed by atoms with E-state index in [1.165, 1.54) is 12.1 Å². The molecular weight excluding hydrogens is 277 g/mol. The summed E-state index contributed by atoms with van der Waals surface area (Å²) in [5.74, 6) is -0.136. The highest BCUT2D eigenvalue weighted by atomic mass is 19.4. The maximum absolute atomic E-state index is 12.5. The maximum atomic E-state index is 12.5. The Balaban J connectivity index is 2.07. The second-order valence-electron chi connectivity index (χ2n) is 5.01. The molecule has 0 radical (unpaired) electrons. The van der Waals surface area contributed by atoms with Crippen LogP contribution in [-0.2, 0) is 6.18 Å². The van der Waals surface area contributed by atoms with E-state index in [2.05, 4.69) is 0 Å². The Morgan fingerprint density at radius 3 is 2.10 bits per heavy atom. The summed E-state index contributed by atoms with van der Waals surface area (Å²) >= 11 is 0. The molecule has 0 aliphatic carbocycles. The van der Waals surface area contributed by atoms with Gasteiger partial charge in [-0.2, -0.15) is 13.2 Å². The lowest BCUT2D eigenvalue weighted by Crippen LogP contribution is -2.07. The fourth-order valence-corrected chi connectivity index (χ4v) is 2.14. The van der Waals surface area contributed by atoms with Crippen LogP contribution in [0, 0.1) is 0 Å². The van der Waals surface area contributed by atoms with Gasteiger partial charge in [0.05, 0.1) is 5.56 Å². The second-order valence-corrected chi connectivity index (χ2v) is 5.01. The molecule has 0 amide bonds. The van der Waals surface area contributed by atoms with Crippen LogP contribution >= 0.6 is 0 Å². The molecule has 0 saturated carbocycles. The van der Waals surface area contributed by atoms with E-state index in [0.29, 0.717) is 5.56 Å². The van der Waals surface area contributed by atoms with Crippen LogP contribution in [0.2, 0.25) is 0 Å². The molecule has 110 valence electrons. The molecule has 2 aromatic carbocycles. The van der Waals surface area contributed by atoms with Gasteiger partial charge in [-0.25, -0.2) is 0 Å². The molecule has 0 heterocycles. The van der Waals surface area contributed by atoms with Gasteiger partial charge < -0.3 is 0 Å². The molecule has 4 heteroatoms. The first-order chi connectivity index (χ1) is 9.88. The van der Waals surface area contributed by atoms with Gasteiger partial charge in [0.2, 0.25) is 0 Å². The first-order valence-corrected chi connectivity index (χ1v) is 6.63. The molecule has 0 saturated heterocycles. The number of hydrogen-bond acceptors (Lipinski definition) is 1. The fraction of sp³-hybridized carbons (Fsp3) is 0.235. The van der Waals surface area contributed by atoms with Crippen LogP contribution in [0.5, 0.6) is 0 Å². The van der Waals surface area contributed by atoms with Gasteiger partial charge in [0, 0.05) is 12.0 Å². The Labute approximate surface area is 121 Å². The molecule has 1 nitrogen and oxygen atoms in total. The quantitative estimate of drug-likeness (QED) is 0.718. The third-order valence-electron chi connectivity index (χ3n) is 3.39. The molecule has 0 N–H and O–H groups in total. The van der Waals surface area contributed by atoms with Crippen molar-refractivity contribution in [3.05, 3.63) is 71.3 Å². The van der Waals surface area contributed by atoms with Crippen molar-refractivity contribution in [3.8, 4) is 0 Å². The summed E-state index contributed by atoms with van der Waals surface area (Å²) in [6.45, 7) is 1.84. The van der Waals surface area contributed by atoms with E-state index in [0.717, 1.165) is 17.7 Å². The fourth-order valence-electron chi connectivity index (χ4n) is 2.14. The minimum Gasteiger partial charge on any atom is -0.294 e. The Hall–Kier alpha value is -2.10. The van der Waals surface area contributed by atoms with Gasteiger partial charge in [0.1, 0.15) is 0 Å². The topological polar surface area (TPSA) is 17.1 Å². The molecule has 2 rings (SSSR count). The van der Waals surface area contributed by atoms with E-state index in [-0.39, 0.29) is 18.1 Å². The lowest BCUT2D eigenvalue weighted by atomic mass is 9.92. The summed E-state index contributed by atoms with van der Waals surface area (Å²) in [6.07, 6.45) is -4.06. The number of ketones is 1. The molecule has 2 aromatic rings. The van der Waals surface area contributed by atoms with Crippen molar-refractivity contribution >= 4 is 5.78 Å². The van der Waals surface area contributed by atoms with E-state index in [4.69, 9.17) is 0 Å². The molecular formula is C17H15F3O. The molecule has 0 spiro atoms. The van der Waals surface area contributed by atoms with Crippen LogP contribution < -0.4 is 0 Å². The first kappa shape index (κ1) is 15.3. The van der Waals surface area contributed by atoms with Gasteiger partial charge in [0.15, 0.2) is 5.78 Å². The largest absolute Gasteiger partial charge is 0.416 e. The summed E-state index contributed by atoms with van der Waals surface area (Å²) in [4.78, 5) is 12.1. The Morgan fingerprint density at radius 2 is 1.57 bits per heavy atom. The summed E-state index contributed by atoms with van der Waals surface area (Å²) in [5, 5.41) is 0. The molecule has 0 fully saturated rings. The molecule has 0 aliphatic rings. The van der Waals surface area contributed by atoms with Crippen molar-refractivity contribution in [3.63, 3.8) is 0 Å². The van der Waals surface area contributed by atoms with Crippen LogP contribution in [0.4, 0.5) is 13.2 Å². The highest BCUT2D eigenvalue weighted by Crippen LogP contribution is 2.30. The monoisotopic (exact) mass is 292 g/mol. The van der Waals surface area contributed by atoms with E-state index >= 15 is 0 Å². The van der Waals surface area contributed by atoms with Crippen molar-refractivity contribution in [2.24, 2.45) is 0 Å². The third-order valence-corrected chi connectivity index (χ3v) is 3.39. The van der Waals surface area contributed by atoms with Crippen LogP contribution in [0.3, 0.4) is 0 Å². The van der Waals surface area contributed by atoms with E-state index in [9.17, 15) is 18.0 Å². The zero-order chi connectivity index (χ0) is 15.5. The number of carbonyl (C=O) groups excluding carboxylic acids is 1. The number of carbonyl (C=O) groups is 1. The Bertz CT molecular complexity index is 600. The molecule has 0 bridgehead atoms. The Kier molecular flexibility index (Phi) is 4.46. The SMILES string of the molecule is CC(CC(=O)c1ccccc1)c1ccc(C(F)(F)F)cc1. The van der Waals surface area contributed by atoms with Gasteiger partial charge in [-0.3, -0.25) is 4.79 Å². The Morgan fingerprint density at radius 1 is 1.00 bits per heavy atom. The van der Waals surface area contributed by atoms with Gasteiger partial charge in [-0.15, -0.1) is 0 Å². The molecule has 0 aromatic heterocycles. The standard InChI is InChI=1S/C17H15F3O/c1-12(11-16(21)14-5-3-2-4-6-14)13-7-9-15(10-8-13)17(18,19)20/h2-10,12H,11H2,1H3.